The van der Waals surface area contributed by atoms with Gasteiger partial charge in [-0.2, -0.15) is 4.39 Å². The lowest BCUT2D eigenvalue weighted by molar-refractivity contribution is 0.308. The zero-order valence-corrected chi connectivity index (χ0v) is 6.17. The molecule has 0 saturated heterocycles. The predicted molar refractivity (Wildman–Crippen MR) is 39.8 cm³/mol. The molecule has 0 atom stereocenters. The largest absolute Gasteiger partial charge is 0.476 e. The van der Waals surface area contributed by atoms with Crippen molar-refractivity contribution in [1.29, 1.82) is 0 Å². The van der Waals surface area contributed by atoms with Crippen molar-refractivity contribution in [3.05, 3.63) is 18.1 Å². The SMILES string of the molecule is CCOc1nccc(N)c1F. The van der Waals surface area contributed by atoms with Gasteiger partial charge in [0, 0.05) is 6.20 Å². The summed E-state index contributed by atoms with van der Waals surface area (Å²) in [5, 5.41) is 0. The molecule has 1 aromatic heterocycles. The Labute approximate surface area is 64.0 Å². The third-order valence-electron chi connectivity index (χ3n) is 1.17. The highest BCUT2D eigenvalue weighted by Crippen LogP contribution is 2.18. The molecule has 0 aliphatic rings. The first-order valence-electron chi connectivity index (χ1n) is 3.28. The van der Waals surface area contributed by atoms with Crippen molar-refractivity contribution in [3.8, 4) is 5.88 Å². The Morgan fingerprint density at radius 3 is 3.09 bits per heavy atom. The van der Waals surface area contributed by atoms with E-state index in [4.69, 9.17) is 10.5 Å². The molecule has 2 N–H and O–H groups in total. The van der Waals surface area contributed by atoms with E-state index in [9.17, 15) is 4.39 Å². The van der Waals surface area contributed by atoms with Gasteiger partial charge in [-0.3, -0.25) is 0 Å². The molecule has 1 aromatic rings. The minimum absolute atomic E-state index is 0.0347. The molecule has 1 heterocycles. The standard InChI is InChI=1S/C7H9FN2O/c1-2-11-7-6(8)5(9)3-4-10-7/h3-4H,2H2,1H3,(H2,9,10). The third kappa shape index (κ3) is 1.58. The van der Waals surface area contributed by atoms with Gasteiger partial charge in [-0.25, -0.2) is 4.98 Å². The van der Waals surface area contributed by atoms with Crippen LogP contribution >= 0.6 is 0 Å². The Bertz CT molecular complexity index is 252. The first-order valence-corrected chi connectivity index (χ1v) is 3.28. The van der Waals surface area contributed by atoms with Crippen LogP contribution in [0.15, 0.2) is 12.3 Å². The quantitative estimate of drug-likeness (QED) is 0.699. The summed E-state index contributed by atoms with van der Waals surface area (Å²) < 4.78 is 17.7. The van der Waals surface area contributed by atoms with Crippen molar-refractivity contribution in [2.75, 3.05) is 12.3 Å². The van der Waals surface area contributed by atoms with Crippen molar-refractivity contribution < 1.29 is 9.13 Å². The maximum atomic E-state index is 12.9. The molecule has 0 bridgehead atoms. The Kier molecular flexibility index (Phi) is 2.25. The Hall–Kier alpha value is -1.32. The number of hydrogen-bond acceptors (Lipinski definition) is 3. The second-order valence-electron chi connectivity index (χ2n) is 1.95. The number of halogens is 1. The van der Waals surface area contributed by atoms with Crippen molar-refractivity contribution in [2.45, 2.75) is 6.92 Å². The summed E-state index contributed by atoms with van der Waals surface area (Å²) in [6.07, 6.45) is 1.41. The van der Waals surface area contributed by atoms with Crippen molar-refractivity contribution in [2.24, 2.45) is 0 Å². The molecular formula is C7H9FN2O. The summed E-state index contributed by atoms with van der Waals surface area (Å²) in [4.78, 5) is 3.65. The monoisotopic (exact) mass is 156 g/mol. The summed E-state index contributed by atoms with van der Waals surface area (Å²) in [6.45, 7) is 2.14. The molecule has 1 rings (SSSR count). The van der Waals surface area contributed by atoms with Crippen molar-refractivity contribution >= 4 is 5.69 Å². The zero-order valence-electron chi connectivity index (χ0n) is 6.17. The van der Waals surface area contributed by atoms with Crippen LogP contribution < -0.4 is 10.5 Å². The zero-order chi connectivity index (χ0) is 8.27. The van der Waals surface area contributed by atoms with Gasteiger partial charge in [0.05, 0.1) is 12.3 Å². The van der Waals surface area contributed by atoms with E-state index < -0.39 is 5.82 Å². The molecule has 0 radical (unpaired) electrons. The van der Waals surface area contributed by atoms with E-state index in [-0.39, 0.29) is 11.6 Å². The van der Waals surface area contributed by atoms with E-state index in [1.54, 1.807) is 6.92 Å². The van der Waals surface area contributed by atoms with Crippen LogP contribution in [0.1, 0.15) is 6.92 Å². The lowest BCUT2D eigenvalue weighted by Gasteiger charge is -2.03. The Morgan fingerprint density at radius 2 is 2.45 bits per heavy atom. The normalized spacial score (nSPS) is 9.64. The fourth-order valence-electron chi connectivity index (χ4n) is 0.676. The lowest BCUT2D eigenvalue weighted by atomic mass is 10.4. The number of anilines is 1. The molecule has 4 heteroatoms. The van der Waals surface area contributed by atoms with E-state index in [0.717, 1.165) is 0 Å². The van der Waals surface area contributed by atoms with E-state index >= 15 is 0 Å². The van der Waals surface area contributed by atoms with Crippen LogP contribution in [0.5, 0.6) is 5.88 Å². The van der Waals surface area contributed by atoms with Gasteiger partial charge in [0.1, 0.15) is 0 Å². The second kappa shape index (κ2) is 3.18. The fraction of sp³-hybridized carbons (Fsp3) is 0.286. The molecule has 0 saturated carbocycles. The molecule has 0 fully saturated rings. The van der Waals surface area contributed by atoms with E-state index in [1.807, 2.05) is 0 Å². The summed E-state index contributed by atoms with van der Waals surface area (Å²) >= 11 is 0. The molecule has 11 heavy (non-hydrogen) atoms. The smallest absolute Gasteiger partial charge is 0.252 e. The van der Waals surface area contributed by atoms with Gasteiger partial charge < -0.3 is 10.5 Å². The van der Waals surface area contributed by atoms with Gasteiger partial charge in [0.15, 0.2) is 0 Å². The number of hydrogen-bond donors (Lipinski definition) is 1. The first-order chi connectivity index (χ1) is 5.25. The number of nitrogen functional groups attached to an aromatic ring is 1. The average molecular weight is 156 g/mol. The lowest BCUT2D eigenvalue weighted by Crippen LogP contribution is -2.00. The highest BCUT2D eigenvalue weighted by molar-refractivity contribution is 5.41. The summed E-state index contributed by atoms with van der Waals surface area (Å²) in [7, 11) is 0. The Balaban J connectivity index is 2.96. The second-order valence-corrected chi connectivity index (χ2v) is 1.95. The number of pyridine rings is 1. The number of rotatable bonds is 2. The molecular weight excluding hydrogens is 147 g/mol. The van der Waals surface area contributed by atoms with Gasteiger partial charge in [0.2, 0.25) is 5.82 Å². The number of ether oxygens (including phenoxy) is 1. The maximum absolute atomic E-state index is 12.9. The van der Waals surface area contributed by atoms with Crippen LogP contribution in [0.3, 0.4) is 0 Å². The van der Waals surface area contributed by atoms with Gasteiger partial charge >= 0.3 is 0 Å². The molecule has 0 amide bonds. The number of aromatic nitrogens is 1. The van der Waals surface area contributed by atoms with E-state index in [0.29, 0.717) is 6.61 Å². The highest BCUT2D eigenvalue weighted by atomic mass is 19.1. The molecule has 0 spiro atoms. The Morgan fingerprint density at radius 1 is 1.73 bits per heavy atom. The maximum Gasteiger partial charge on any atom is 0.252 e. The minimum Gasteiger partial charge on any atom is -0.476 e. The molecule has 0 aromatic carbocycles. The van der Waals surface area contributed by atoms with Gasteiger partial charge in [-0.05, 0) is 13.0 Å². The average Bonchev–Trinajstić information content (AvgIpc) is 1.99. The summed E-state index contributed by atoms with van der Waals surface area (Å²) in [6, 6.07) is 1.39. The van der Waals surface area contributed by atoms with Crippen molar-refractivity contribution in [1.82, 2.24) is 4.98 Å². The molecule has 60 valence electrons. The van der Waals surface area contributed by atoms with Crippen LogP contribution in [0.25, 0.3) is 0 Å². The van der Waals surface area contributed by atoms with Crippen LogP contribution in [-0.4, -0.2) is 11.6 Å². The van der Waals surface area contributed by atoms with Crippen LogP contribution in [0.2, 0.25) is 0 Å². The number of nitrogens with zero attached hydrogens (tertiary/aromatic N) is 1. The minimum atomic E-state index is -0.589. The molecule has 0 aliphatic carbocycles. The number of nitrogens with two attached hydrogens (primary N) is 1. The van der Waals surface area contributed by atoms with E-state index in [1.165, 1.54) is 12.3 Å². The van der Waals surface area contributed by atoms with Crippen molar-refractivity contribution in [3.63, 3.8) is 0 Å². The van der Waals surface area contributed by atoms with Crippen LogP contribution in [0.4, 0.5) is 10.1 Å². The fourth-order valence-corrected chi connectivity index (χ4v) is 0.676. The third-order valence-corrected chi connectivity index (χ3v) is 1.17. The van der Waals surface area contributed by atoms with Gasteiger partial charge in [-0.15, -0.1) is 0 Å². The van der Waals surface area contributed by atoms with Crippen LogP contribution in [-0.2, 0) is 0 Å². The molecule has 3 nitrogen and oxygen atoms in total. The first kappa shape index (κ1) is 7.78. The summed E-state index contributed by atoms with van der Waals surface area (Å²) in [5.74, 6) is -0.623. The van der Waals surface area contributed by atoms with Gasteiger partial charge in [0.25, 0.3) is 5.88 Å². The van der Waals surface area contributed by atoms with Crippen LogP contribution in [0, 0.1) is 5.82 Å². The molecule has 0 unspecified atom stereocenters. The summed E-state index contributed by atoms with van der Waals surface area (Å²) in [5.41, 5.74) is 5.31. The predicted octanol–water partition coefficient (Wildman–Crippen LogP) is 1.20. The highest BCUT2D eigenvalue weighted by Gasteiger charge is 2.06. The molecule has 0 aliphatic heterocycles. The topological polar surface area (TPSA) is 48.1 Å². The van der Waals surface area contributed by atoms with Gasteiger partial charge in [-0.1, -0.05) is 0 Å². The van der Waals surface area contributed by atoms with E-state index in [2.05, 4.69) is 4.98 Å².